The molecule has 1 aromatic rings. The Hall–Kier alpha value is -0.910. The smallest absolute Gasteiger partial charge is 0.139 e. The van der Waals surface area contributed by atoms with Crippen LogP contribution in [0.15, 0.2) is 12.4 Å². The molecule has 0 spiro atoms. The first-order chi connectivity index (χ1) is 9.13. The minimum absolute atomic E-state index is 0.290. The van der Waals surface area contributed by atoms with Crippen LogP contribution in [0.1, 0.15) is 39.1 Å². The van der Waals surface area contributed by atoms with E-state index >= 15 is 0 Å². The van der Waals surface area contributed by atoms with Crippen LogP contribution in [0.25, 0.3) is 0 Å². The largest absolute Gasteiger partial charge is 0.383 e. The van der Waals surface area contributed by atoms with E-state index in [1.165, 1.54) is 0 Å². The highest BCUT2D eigenvalue weighted by atomic mass is 16.5. The summed E-state index contributed by atoms with van der Waals surface area (Å²) in [6.07, 6.45) is 3.99. The summed E-state index contributed by atoms with van der Waals surface area (Å²) >= 11 is 0. The fourth-order valence-corrected chi connectivity index (χ4v) is 2.78. The van der Waals surface area contributed by atoms with Crippen molar-refractivity contribution in [3.8, 4) is 0 Å². The van der Waals surface area contributed by atoms with Gasteiger partial charge in [0, 0.05) is 32.0 Å². The van der Waals surface area contributed by atoms with Crippen molar-refractivity contribution in [1.29, 1.82) is 0 Å². The molecule has 2 atom stereocenters. The molecule has 2 heterocycles. The summed E-state index contributed by atoms with van der Waals surface area (Å²) in [6, 6.07) is 0. The maximum absolute atomic E-state index is 10.8. The summed E-state index contributed by atoms with van der Waals surface area (Å²) in [4.78, 5) is 6.68. The zero-order valence-corrected chi connectivity index (χ0v) is 12.2. The third-order valence-corrected chi connectivity index (χ3v) is 4.37. The van der Waals surface area contributed by atoms with Crippen LogP contribution in [0.3, 0.4) is 0 Å². The van der Waals surface area contributed by atoms with Crippen LogP contribution in [0.2, 0.25) is 0 Å². The Balaban J connectivity index is 2.24. The van der Waals surface area contributed by atoms with Crippen molar-refractivity contribution in [2.75, 3.05) is 26.3 Å². The van der Waals surface area contributed by atoms with Crippen molar-refractivity contribution in [3.05, 3.63) is 18.2 Å². The number of hydrogen-bond donors (Lipinski definition) is 1. The van der Waals surface area contributed by atoms with E-state index in [0.717, 1.165) is 45.1 Å². The fraction of sp³-hybridized carbons (Fsp3) is 0.786. The minimum Gasteiger partial charge on any atom is -0.383 e. The molecule has 0 amide bonds. The number of nitrogens with zero attached hydrogens (tertiary/aromatic N) is 3. The van der Waals surface area contributed by atoms with Gasteiger partial charge in [0.2, 0.25) is 0 Å². The van der Waals surface area contributed by atoms with Gasteiger partial charge >= 0.3 is 0 Å². The minimum atomic E-state index is -0.578. The van der Waals surface area contributed by atoms with Gasteiger partial charge in [-0.3, -0.25) is 4.90 Å². The molecule has 0 bridgehead atoms. The van der Waals surface area contributed by atoms with Gasteiger partial charge in [0.1, 0.15) is 11.9 Å². The summed E-state index contributed by atoms with van der Waals surface area (Å²) in [5.41, 5.74) is -0.290. The second kappa shape index (κ2) is 6.03. The average molecular weight is 267 g/mol. The van der Waals surface area contributed by atoms with Gasteiger partial charge in [-0.05, 0) is 20.3 Å². The quantitative estimate of drug-likeness (QED) is 0.877. The molecule has 1 aliphatic heterocycles. The molecule has 5 heteroatoms. The standard InChI is InChI=1S/C14H25N3O2/c1-4-14(3,17-8-10-19-11-9-17)12(18)13-15-6-7-16(13)5-2/h6-7,12,18H,4-5,8-11H2,1-3H3. The normalized spacial score (nSPS) is 22.1. The summed E-state index contributed by atoms with van der Waals surface area (Å²) in [5.74, 6) is 0.762. The third kappa shape index (κ3) is 2.68. The van der Waals surface area contributed by atoms with Crippen molar-refractivity contribution in [3.63, 3.8) is 0 Å². The highest BCUT2D eigenvalue weighted by Crippen LogP contribution is 2.34. The molecule has 19 heavy (non-hydrogen) atoms. The van der Waals surface area contributed by atoms with E-state index in [-0.39, 0.29) is 5.54 Å². The molecule has 1 aliphatic rings. The number of rotatable bonds is 5. The first-order valence-electron chi connectivity index (χ1n) is 7.15. The van der Waals surface area contributed by atoms with E-state index in [2.05, 4.69) is 30.7 Å². The van der Waals surface area contributed by atoms with Gasteiger partial charge < -0.3 is 14.4 Å². The van der Waals surface area contributed by atoms with E-state index in [4.69, 9.17) is 4.74 Å². The Morgan fingerprint density at radius 2 is 2.11 bits per heavy atom. The Morgan fingerprint density at radius 1 is 1.42 bits per heavy atom. The van der Waals surface area contributed by atoms with Crippen molar-refractivity contribution in [2.24, 2.45) is 0 Å². The molecule has 1 saturated heterocycles. The van der Waals surface area contributed by atoms with E-state index in [1.54, 1.807) is 6.20 Å². The lowest BCUT2D eigenvalue weighted by Crippen LogP contribution is -2.55. The lowest BCUT2D eigenvalue weighted by Gasteiger charge is -2.45. The van der Waals surface area contributed by atoms with Gasteiger partial charge in [0.25, 0.3) is 0 Å². The molecule has 2 rings (SSSR count). The van der Waals surface area contributed by atoms with Crippen LogP contribution < -0.4 is 0 Å². The molecule has 5 nitrogen and oxygen atoms in total. The van der Waals surface area contributed by atoms with Gasteiger partial charge in [0.05, 0.1) is 18.8 Å². The van der Waals surface area contributed by atoms with Crippen LogP contribution in [-0.2, 0) is 11.3 Å². The van der Waals surface area contributed by atoms with Crippen LogP contribution in [0.5, 0.6) is 0 Å². The van der Waals surface area contributed by atoms with Crippen LogP contribution in [-0.4, -0.2) is 51.4 Å². The molecule has 0 aliphatic carbocycles. The molecule has 2 unspecified atom stereocenters. The number of imidazole rings is 1. The highest BCUT2D eigenvalue weighted by Gasteiger charge is 2.40. The van der Waals surface area contributed by atoms with Gasteiger partial charge in [-0.25, -0.2) is 4.98 Å². The third-order valence-electron chi connectivity index (χ3n) is 4.37. The predicted molar refractivity (Wildman–Crippen MR) is 73.9 cm³/mol. The van der Waals surface area contributed by atoms with E-state index in [1.807, 2.05) is 10.8 Å². The zero-order valence-electron chi connectivity index (χ0n) is 12.2. The second-order valence-electron chi connectivity index (χ2n) is 5.28. The highest BCUT2D eigenvalue weighted by molar-refractivity contribution is 5.06. The van der Waals surface area contributed by atoms with Crippen molar-refractivity contribution in [2.45, 2.75) is 45.4 Å². The predicted octanol–water partition coefficient (Wildman–Crippen LogP) is 1.44. The second-order valence-corrected chi connectivity index (χ2v) is 5.28. The maximum atomic E-state index is 10.8. The van der Waals surface area contributed by atoms with Crippen molar-refractivity contribution in [1.82, 2.24) is 14.5 Å². The van der Waals surface area contributed by atoms with Crippen LogP contribution in [0, 0.1) is 0 Å². The zero-order chi connectivity index (χ0) is 13.9. The summed E-state index contributed by atoms with van der Waals surface area (Å²) in [5, 5.41) is 10.8. The van der Waals surface area contributed by atoms with Crippen LogP contribution in [0.4, 0.5) is 0 Å². The number of aliphatic hydroxyl groups excluding tert-OH is 1. The molecule has 0 radical (unpaired) electrons. The average Bonchev–Trinajstić information content (AvgIpc) is 2.94. The molecule has 1 fully saturated rings. The monoisotopic (exact) mass is 267 g/mol. The van der Waals surface area contributed by atoms with E-state index in [0.29, 0.717) is 0 Å². The van der Waals surface area contributed by atoms with E-state index < -0.39 is 6.10 Å². The Bertz CT molecular complexity index is 401. The number of hydrogen-bond acceptors (Lipinski definition) is 4. The summed E-state index contributed by atoms with van der Waals surface area (Å²) < 4.78 is 7.42. The fourth-order valence-electron chi connectivity index (χ4n) is 2.78. The summed E-state index contributed by atoms with van der Waals surface area (Å²) in [6.45, 7) is 10.4. The van der Waals surface area contributed by atoms with E-state index in [9.17, 15) is 5.11 Å². The maximum Gasteiger partial charge on any atom is 0.139 e. The first-order valence-corrected chi connectivity index (χ1v) is 7.15. The Morgan fingerprint density at radius 3 is 2.68 bits per heavy atom. The summed E-state index contributed by atoms with van der Waals surface area (Å²) in [7, 11) is 0. The molecule has 108 valence electrons. The molecular weight excluding hydrogens is 242 g/mol. The van der Waals surface area contributed by atoms with Crippen molar-refractivity contribution < 1.29 is 9.84 Å². The van der Waals surface area contributed by atoms with Gasteiger partial charge in [-0.15, -0.1) is 0 Å². The molecule has 0 saturated carbocycles. The molecule has 0 aromatic carbocycles. The van der Waals surface area contributed by atoms with Gasteiger partial charge in [-0.1, -0.05) is 6.92 Å². The molecule has 1 aromatic heterocycles. The number of ether oxygens (including phenoxy) is 1. The van der Waals surface area contributed by atoms with Gasteiger partial charge in [-0.2, -0.15) is 0 Å². The SMILES string of the molecule is CCn1ccnc1C(O)C(C)(CC)N1CCOCC1. The number of aromatic nitrogens is 2. The molecule has 1 N–H and O–H groups in total. The van der Waals surface area contributed by atoms with Gasteiger partial charge in [0.15, 0.2) is 0 Å². The number of aliphatic hydroxyl groups is 1. The van der Waals surface area contributed by atoms with Crippen molar-refractivity contribution >= 4 is 0 Å². The van der Waals surface area contributed by atoms with Crippen LogP contribution >= 0.6 is 0 Å². The molecular formula is C14H25N3O2. The Kier molecular flexibility index (Phi) is 4.60. The Labute approximate surface area is 115 Å². The number of morpholine rings is 1. The number of aryl methyl sites for hydroxylation is 1. The topological polar surface area (TPSA) is 50.5 Å². The lowest BCUT2D eigenvalue weighted by molar-refractivity contribution is -0.0769. The lowest BCUT2D eigenvalue weighted by atomic mass is 9.88. The first kappa shape index (κ1) is 14.5.